The van der Waals surface area contributed by atoms with Crippen LogP contribution in [0.3, 0.4) is 0 Å². The van der Waals surface area contributed by atoms with Crippen LogP contribution in [-0.2, 0) is 9.53 Å². The van der Waals surface area contributed by atoms with Gasteiger partial charge in [0.2, 0.25) is 5.78 Å². The molecule has 1 aromatic carbocycles. The van der Waals surface area contributed by atoms with E-state index >= 15 is 0 Å². The summed E-state index contributed by atoms with van der Waals surface area (Å²) in [4.78, 5) is 23.0. The van der Waals surface area contributed by atoms with Gasteiger partial charge < -0.3 is 14.2 Å². The summed E-state index contributed by atoms with van der Waals surface area (Å²) < 4.78 is 41.4. The lowest BCUT2D eigenvalue weighted by atomic mass is 10.0. The molecule has 1 aromatic rings. The second-order valence-corrected chi connectivity index (χ2v) is 4.22. The molecule has 8 heteroatoms. The molecule has 0 aromatic heterocycles. The van der Waals surface area contributed by atoms with E-state index in [-0.39, 0.29) is 23.1 Å². The number of alkyl halides is 2. The Morgan fingerprint density at radius 2 is 1.86 bits per heavy atom. The van der Waals surface area contributed by atoms with Gasteiger partial charge in [-0.25, -0.2) is 4.79 Å². The van der Waals surface area contributed by atoms with E-state index in [4.69, 9.17) is 21.1 Å². The highest BCUT2D eigenvalue weighted by Crippen LogP contribution is 2.37. The SMILES string of the molecule is CCOC(=O)C(F)(F)C(=O)c1cc(Cl)c(OC)c(OC)c1. The Hall–Kier alpha value is -1.89. The molecule has 0 saturated carbocycles. The third-order valence-electron chi connectivity index (χ3n) is 2.51. The number of rotatable bonds is 6. The number of hydrogen-bond acceptors (Lipinski definition) is 5. The number of ketones is 1. The van der Waals surface area contributed by atoms with E-state index in [2.05, 4.69) is 4.74 Å². The van der Waals surface area contributed by atoms with Gasteiger partial charge in [0, 0.05) is 5.56 Å². The maximum atomic E-state index is 13.7. The van der Waals surface area contributed by atoms with Crippen LogP contribution in [0.2, 0.25) is 5.02 Å². The fourth-order valence-electron chi connectivity index (χ4n) is 1.54. The van der Waals surface area contributed by atoms with Crippen LogP contribution in [0.4, 0.5) is 8.78 Å². The maximum absolute atomic E-state index is 13.7. The van der Waals surface area contributed by atoms with Crippen molar-refractivity contribution in [3.8, 4) is 11.5 Å². The van der Waals surface area contributed by atoms with E-state index in [9.17, 15) is 18.4 Å². The molecular weight excluding hydrogens is 310 g/mol. The van der Waals surface area contributed by atoms with Crippen molar-refractivity contribution in [2.45, 2.75) is 12.8 Å². The first-order valence-electron chi connectivity index (χ1n) is 5.80. The highest BCUT2D eigenvalue weighted by atomic mass is 35.5. The van der Waals surface area contributed by atoms with Crippen LogP contribution in [0.5, 0.6) is 11.5 Å². The summed E-state index contributed by atoms with van der Waals surface area (Å²) in [6.07, 6.45) is 0. The van der Waals surface area contributed by atoms with Crippen LogP contribution < -0.4 is 9.47 Å². The minimum Gasteiger partial charge on any atom is -0.493 e. The Bertz CT molecular complexity index is 560. The normalized spacial score (nSPS) is 11.0. The monoisotopic (exact) mass is 322 g/mol. The van der Waals surface area contributed by atoms with Gasteiger partial charge >= 0.3 is 11.9 Å². The predicted molar refractivity (Wildman–Crippen MR) is 70.5 cm³/mol. The largest absolute Gasteiger partial charge is 0.493 e. The number of carbonyl (C=O) groups excluding carboxylic acids is 2. The number of carbonyl (C=O) groups is 2. The quantitative estimate of drug-likeness (QED) is 0.458. The van der Waals surface area contributed by atoms with Crippen molar-refractivity contribution in [3.05, 3.63) is 22.7 Å². The zero-order chi connectivity index (χ0) is 16.2. The molecule has 0 fully saturated rings. The van der Waals surface area contributed by atoms with E-state index in [0.717, 1.165) is 12.1 Å². The molecule has 5 nitrogen and oxygen atoms in total. The number of halogens is 3. The molecule has 0 radical (unpaired) electrons. The molecule has 0 unspecified atom stereocenters. The van der Waals surface area contributed by atoms with Gasteiger partial charge in [-0.2, -0.15) is 8.78 Å². The molecule has 1 rings (SSSR count). The van der Waals surface area contributed by atoms with Crippen molar-refractivity contribution < 1.29 is 32.6 Å². The lowest BCUT2D eigenvalue weighted by molar-refractivity contribution is -0.164. The van der Waals surface area contributed by atoms with Gasteiger partial charge in [-0.1, -0.05) is 11.6 Å². The maximum Gasteiger partial charge on any atom is 0.404 e. The number of ether oxygens (including phenoxy) is 3. The van der Waals surface area contributed by atoms with Crippen LogP contribution in [0, 0.1) is 0 Å². The Kier molecular flexibility index (Phi) is 5.48. The molecule has 21 heavy (non-hydrogen) atoms. The highest BCUT2D eigenvalue weighted by molar-refractivity contribution is 6.33. The minimum absolute atomic E-state index is 0.00647. The van der Waals surface area contributed by atoms with Crippen molar-refractivity contribution in [1.82, 2.24) is 0 Å². The second-order valence-electron chi connectivity index (χ2n) is 3.82. The van der Waals surface area contributed by atoms with E-state index in [1.54, 1.807) is 0 Å². The van der Waals surface area contributed by atoms with Gasteiger partial charge in [0.25, 0.3) is 0 Å². The van der Waals surface area contributed by atoms with E-state index in [0.29, 0.717) is 0 Å². The van der Waals surface area contributed by atoms with Crippen LogP contribution in [-0.4, -0.2) is 38.5 Å². The highest BCUT2D eigenvalue weighted by Gasteiger charge is 2.49. The third-order valence-corrected chi connectivity index (χ3v) is 2.79. The molecule has 0 bridgehead atoms. The Morgan fingerprint density at radius 3 is 2.33 bits per heavy atom. The fourth-order valence-corrected chi connectivity index (χ4v) is 1.83. The van der Waals surface area contributed by atoms with Crippen LogP contribution >= 0.6 is 11.6 Å². The van der Waals surface area contributed by atoms with Crippen LogP contribution in [0.25, 0.3) is 0 Å². The summed E-state index contributed by atoms with van der Waals surface area (Å²) in [6, 6.07) is 1.98. The number of Topliss-reactive ketones (excluding diaryl/α,β-unsaturated/α-hetero) is 1. The smallest absolute Gasteiger partial charge is 0.404 e. The van der Waals surface area contributed by atoms with E-state index in [1.807, 2.05) is 0 Å². The van der Waals surface area contributed by atoms with Crippen molar-refractivity contribution >= 4 is 23.4 Å². The summed E-state index contributed by atoms with van der Waals surface area (Å²) >= 11 is 5.83. The van der Waals surface area contributed by atoms with Crippen LogP contribution in [0.1, 0.15) is 17.3 Å². The number of hydrogen-bond donors (Lipinski definition) is 0. The van der Waals surface area contributed by atoms with E-state index < -0.39 is 23.2 Å². The van der Waals surface area contributed by atoms with Gasteiger partial charge in [-0.15, -0.1) is 0 Å². The lowest BCUT2D eigenvalue weighted by Crippen LogP contribution is -2.39. The predicted octanol–water partition coefficient (Wildman–Crippen LogP) is 2.74. The zero-order valence-electron chi connectivity index (χ0n) is 11.5. The number of methoxy groups -OCH3 is 2. The number of esters is 1. The average molecular weight is 323 g/mol. The topological polar surface area (TPSA) is 61.8 Å². The molecule has 0 aliphatic carbocycles. The molecule has 0 aliphatic heterocycles. The van der Waals surface area contributed by atoms with Crippen LogP contribution in [0.15, 0.2) is 12.1 Å². The first-order valence-corrected chi connectivity index (χ1v) is 6.18. The molecule has 0 atom stereocenters. The molecule has 0 heterocycles. The second kappa shape index (κ2) is 6.71. The summed E-state index contributed by atoms with van der Waals surface area (Å²) in [7, 11) is 2.56. The number of benzene rings is 1. The van der Waals surface area contributed by atoms with Crippen molar-refractivity contribution in [2.24, 2.45) is 0 Å². The molecule has 0 saturated heterocycles. The average Bonchev–Trinajstić information content (AvgIpc) is 2.45. The summed E-state index contributed by atoms with van der Waals surface area (Å²) in [6.45, 7) is 1.08. The van der Waals surface area contributed by atoms with Gasteiger partial charge in [-0.3, -0.25) is 4.79 Å². The van der Waals surface area contributed by atoms with Gasteiger partial charge in [-0.05, 0) is 19.1 Å². The molecule has 0 amide bonds. The third kappa shape index (κ3) is 3.41. The lowest BCUT2D eigenvalue weighted by Gasteiger charge is -2.15. The first kappa shape index (κ1) is 17.2. The van der Waals surface area contributed by atoms with Gasteiger partial charge in [0.1, 0.15) is 0 Å². The standard InChI is InChI=1S/C13H13ClF2O5/c1-4-21-12(18)13(15,16)11(17)7-5-8(14)10(20-3)9(6-7)19-2/h5-6H,4H2,1-3H3. The Balaban J connectivity index is 3.25. The van der Waals surface area contributed by atoms with Crippen molar-refractivity contribution in [2.75, 3.05) is 20.8 Å². The molecule has 0 N–H and O–H groups in total. The Labute approximate surface area is 124 Å². The summed E-state index contributed by atoms with van der Waals surface area (Å²) in [5.74, 6) is -7.87. The molecular formula is C13H13ClF2O5. The molecule has 0 aliphatic rings. The molecule has 0 spiro atoms. The summed E-state index contributed by atoms with van der Waals surface area (Å²) in [5, 5.41) is -0.0974. The van der Waals surface area contributed by atoms with Crippen molar-refractivity contribution in [1.29, 1.82) is 0 Å². The Morgan fingerprint density at radius 1 is 1.24 bits per heavy atom. The first-order chi connectivity index (χ1) is 9.79. The van der Waals surface area contributed by atoms with E-state index in [1.165, 1.54) is 21.1 Å². The van der Waals surface area contributed by atoms with Gasteiger partial charge in [0.05, 0.1) is 25.8 Å². The fraction of sp³-hybridized carbons (Fsp3) is 0.385. The minimum atomic E-state index is -4.31. The zero-order valence-corrected chi connectivity index (χ0v) is 12.3. The van der Waals surface area contributed by atoms with Gasteiger partial charge in [0.15, 0.2) is 11.5 Å². The van der Waals surface area contributed by atoms with Crippen molar-refractivity contribution in [3.63, 3.8) is 0 Å². The molecule has 116 valence electrons. The summed E-state index contributed by atoms with van der Waals surface area (Å²) in [5.41, 5.74) is -0.490.